The number of ether oxygens (including phenoxy) is 3. The van der Waals surface area contributed by atoms with Gasteiger partial charge in [-0.3, -0.25) is 34.4 Å². The van der Waals surface area contributed by atoms with Crippen LogP contribution < -0.4 is 30.2 Å². The number of piperidine rings is 1. The third-order valence-corrected chi connectivity index (χ3v) is 11.2. The molecular formula is C41H42Cl2N8O7. The molecule has 1 atom stereocenters. The second-order valence-electron chi connectivity index (χ2n) is 14.1. The number of imide groups is 1. The molecule has 0 aliphatic carbocycles. The zero-order valence-electron chi connectivity index (χ0n) is 32.0. The van der Waals surface area contributed by atoms with Crippen LogP contribution in [0, 0.1) is 11.3 Å². The average Bonchev–Trinajstić information content (AvgIpc) is 3.56. The monoisotopic (exact) mass is 828 g/mol. The lowest BCUT2D eigenvalue weighted by Crippen LogP contribution is -2.52. The van der Waals surface area contributed by atoms with E-state index in [9.17, 15) is 24.4 Å². The molecule has 4 heterocycles. The molecule has 2 fully saturated rings. The van der Waals surface area contributed by atoms with E-state index in [1.807, 2.05) is 11.0 Å². The minimum absolute atomic E-state index is 0.0533. The molecule has 3 aliphatic heterocycles. The van der Waals surface area contributed by atoms with E-state index in [-0.39, 0.29) is 30.7 Å². The van der Waals surface area contributed by atoms with Crippen molar-refractivity contribution in [3.05, 3.63) is 75.4 Å². The summed E-state index contributed by atoms with van der Waals surface area (Å²) in [5, 5.41) is 20.1. The maximum absolute atomic E-state index is 13.1. The lowest BCUT2D eigenvalue weighted by Gasteiger charge is -2.34. The highest BCUT2D eigenvalue weighted by Gasteiger charge is 2.40. The number of anilines is 3. The molecule has 3 aromatic carbocycles. The van der Waals surface area contributed by atoms with Gasteiger partial charge in [-0.1, -0.05) is 29.3 Å². The molecule has 0 radical (unpaired) electrons. The number of nitriles is 1. The molecule has 0 spiro atoms. The van der Waals surface area contributed by atoms with Crippen molar-refractivity contribution in [3.63, 3.8) is 0 Å². The standard InChI is InChI=1S/C41H42Cl2N8O7/c1-56-34-20-32(28(42)18-29(34)43)47-39-24(21-44)22-46-31-19-36(35(57-2)17-26(31)39)58-16-4-11-49-12-14-50(15-13-49)38(53)9-10-45-30-6-3-5-25-27(30)23-51(41(25)55)33-7-8-37(52)48-40(33)54/h3,5-6,17-20,22,33,45H,4,7-16,23H2,1-2H3,(H,46,47)(H,48,52,54). The van der Waals surface area contributed by atoms with Crippen molar-refractivity contribution in [1.82, 2.24) is 25.0 Å². The maximum Gasteiger partial charge on any atom is 0.255 e. The topological polar surface area (TPSA) is 178 Å². The summed E-state index contributed by atoms with van der Waals surface area (Å²) < 4.78 is 17.2. The van der Waals surface area contributed by atoms with E-state index in [1.54, 1.807) is 43.5 Å². The quantitative estimate of drug-likeness (QED) is 0.110. The summed E-state index contributed by atoms with van der Waals surface area (Å²) in [4.78, 5) is 60.5. The van der Waals surface area contributed by atoms with Crippen molar-refractivity contribution in [2.75, 3.05) is 70.7 Å². The Morgan fingerprint density at radius 1 is 1.00 bits per heavy atom. The fourth-order valence-corrected chi connectivity index (χ4v) is 8.02. The number of halogens is 2. The van der Waals surface area contributed by atoms with Gasteiger partial charge in [0.1, 0.15) is 17.9 Å². The van der Waals surface area contributed by atoms with Crippen molar-refractivity contribution >= 4 is 74.8 Å². The van der Waals surface area contributed by atoms with Crippen LogP contribution in [0.4, 0.5) is 17.1 Å². The third-order valence-electron chi connectivity index (χ3n) is 10.6. The van der Waals surface area contributed by atoms with Gasteiger partial charge < -0.3 is 34.6 Å². The summed E-state index contributed by atoms with van der Waals surface area (Å²) in [6, 6.07) is 13.7. The van der Waals surface area contributed by atoms with Crippen LogP contribution in [-0.4, -0.2) is 109 Å². The Morgan fingerprint density at radius 3 is 2.53 bits per heavy atom. The van der Waals surface area contributed by atoms with Crippen LogP contribution in [0.5, 0.6) is 17.2 Å². The van der Waals surface area contributed by atoms with Gasteiger partial charge in [0, 0.05) is 99.2 Å². The van der Waals surface area contributed by atoms with Crippen LogP contribution in [0.15, 0.2) is 48.7 Å². The van der Waals surface area contributed by atoms with Crippen molar-refractivity contribution in [1.29, 1.82) is 5.26 Å². The Kier molecular flexibility index (Phi) is 12.4. The number of carbonyl (C=O) groups excluding carboxylic acids is 4. The van der Waals surface area contributed by atoms with Gasteiger partial charge in [0.15, 0.2) is 11.5 Å². The minimum atomic E-state index is -0.684. The van der Waals surface area contributed by atoms with Crippen LogP contribution in [0.2, 0.25) is 10.0 Å². The maximum atomic E-state index is 13.1. The molecule has 3 N–H and O–H groups in total. The van der Waals surface area contributed by atoms with Crippen LogP contribution in [0.3, 0.4) is 0 Å². The first-order valence-corrected chi connectivity index (χ1v) is 19.7. The molecule has 17 heteroatoms. The Bertz CT molecular complexity index is 2310. The first-order chi connectivity index (χ1) is 28.1. The summed E-state index contributed by atoms with van der Waals surface area (Å²) in [7, 11) is 3.06. The predicted molar refractivity (Wildman–Crippen MR) is 218 cm³/mol. The van der Waals surface area contributed by atoms with Gasteiger partial charge >= 0.3 is 0 Å². The van der Waals surface area contributed by atoms with Crippen molar-refractivity contribution < 1.29 is 33.4 Å². The Morgan fingerprint density at radius 2 is 1.79 bits per heavy atom. The van der Waals surface area contributed by atoms with Crippen molar-refractivity contribution in [3.8, 4) is 23.3 Å². The van der Waals surface area contributed by atoms with Crippen LogP contribution in [0.1, 0.15) is 47.2 Å². The highest BCUT2D eigenvalue weighted by atomic mass is 35.5. The molecule has 0 bridgehead atoms. The minimum Gasteiger partial charge on any atom is -0.495 e. The van der Waals surface area contributed by atoms with E-state index in [0.29, 0.717) is 99.8 Å². The van der Waals surface area contributed by atoms with E-state index in [4.69, 9.17) is 37.4 Å². The molecule has 7 rings (SSSR count). The van der Waals surface area contributed by atoms with Crippen LogP contribution in [0.25, 0.3) is 10.9 Å². The normalized spacial score (nSPS) is 16.8. The number of hydrogen-bond donors (Lipinski definition) is 3. The number of benzene rings is 3. The molecule has 4 aromatic rings. The van der Waals surface area contributed by atoms with Crippen LogP contribution in [-0.2, 0) is 20.9 Å². The molecule has 1 unspecified atom stereocenters. The van der Waals surface area contributed by atoms with E-state index in [1.165, 1.54) is 18.2 Å². The van der Waals surface area contributed by atoms with E-state index >= 15 is 0 Å². The summed E-state index contributed by atoms with van der Waals surface area (Å²) in [5.41, 5.74) is 3.96. The highest BCUT2D eigenvalue weighted by molar-refractivity contribution is 6.37. The molecule has 3 aliphatic rings. The van der Waals surface area contributed by atoms with Gasteiger partial charge in [0.2, 0.25) is 17.7 Å². The molecule has 1 aromatic heterocycles. The van der Waals surface area contributed by atoms with E-state index < -0.39 is 11.9 Å². The number of carbonyl (C=O) groups is 4. The van der Waals surface area contributed by atoms with Crippen LogP contribution >= 0.6 is 23.2 Å². The number of piperazine rings is 1. The first kappa shape index (κ1) is 40.4. The fourth-order valence-electron chi connectivity index (χ4n) is 7.51. The Balaban J connectivity index is 0.876. The number of pyridine rings is 1. The number of aromatic nitrogens is 1. The highest BCUT2D eigenvalue weighted by Crippen LogP contribution is 2.40. The number of nitrogens with zero attached hydrogens (tertiary/aromatic N) is 5. The number of fused-ring (bicyclic) bond motifs is 2. The smallest absolute Gasteiger partial charge is 0.255 e. The van der Waals surface area contributed by atoms with Crippen molar-refractivity contribution in [2.24, 2.45) is 0 Å². The van der Waals surface area contributed by atoms with Gasteiger partial charge in [-0.15, -0.1) is 0 Å². The molecule has 4 amide bonds. The first-order valence-electron chi connectivity index (χ1n) is 18.9. The largest absolute Gasteiger partial charge is 0.495 e. The van der Waals surface area contributed by atoms with Crippen molar-refractivity contribution in [2.45, 2.75) is 38.3 Å². The predicted octanol–water partition coefficient (Wildman–Crippen LogP) is 5.35. The lowest BCUT2D eigenvalue weighted by atomic mass is 10.0. The average molecular weight is 830 g/mol. The number of methoxy groups -OCH3 is 2. The summed E-state index contributed by atoms with van der Waals surface area (Å²) in [6.07, 6.45) is 3.02. The molecule has 302 valence electrons. The number of nitrogens with one attached hydrogen (secondary N) is 3. The summed E-state index contributed by atoms with van der Waals surface area (Å²) >= 11 is 12.7. The fraction of sp³-hybridized carbons (Fsp3) is 0.366. The summed E-state index contributed by atoms with van der Waals surface area (Å²) in [5.74, 6) is 0.472. The van der Waals surface area contributed by atoms with Gasteiger partial charge in [-0.25, -0.2) is 0 Å². The Hall–Kier alpha value is -5.82. The molecule has 0 saturated carbocycles. The SMILES string of the molecule is COc1cc(Nc2c(C#N)cnc3cc(OCCCN4CCN(C(=O)CCNc5cccc6c5CN(C5CCC(=O)NC5=O)C6=O)CC4)c(OC)cc23)c(Cl)cc1Cl. The number of amides is 4. The second-order valence-corrected chi connectivity index (χ2v) is 14.9. The number of hydrogen-bond acceptors (Lipinski definition) is 12. The van der Waals surface area contributed by atoms with E-state index in [0.717, 1.165) is 37.3 Å². The molecule has 58 heavy (non-hydrogen) atoms. The second kappa shape index (κ2) is 17.8. The molecular weight excluding hydrogens is 787 g/mol. The van der Waals surface area contributed by atoms with Gasteiger partial charge in [0.25, 0.3) is 5.91 Å². The van der Waals surface area contributed by atoms with Gasteiger partial charge in [-0.05, 0) is 37.1 Å². The number of rotatable bonds is 14. The van der Waals surface area contributed by atoms with E-state index in [2.05, 4.69) is 31.9 Å². The van der Waals surface area contributed by atoms with Gasteiger partial charge in [0.05, 0.1) is 53.3 Å². The summed E-state index contributed by atoms with van der Waals surface area (Å²) in [6.45, 7) is 4.60. The Labute approximate surface area is 345 Å². The lowest BCUT2D eigenvalue weighted by molar-refractivity contribution is -0.137. The van der Waals surface area contributed by atoms with Gasteiger partial charge in [-0.2, -0.15) is 5.26 Å². The third kappa shape index (κ3) is 8.54. The zero-order chi connectivity index (χ0) is 40.9. The zero-order valence-corrected chi connectivity index (χ0v) is 33.5. The molecule has 2 saturated heterocycles. The molecule has 15 nitrogen and oxygen atoms in total.